The average Bonchev–Trinajstić information content (AvgIpc) is 2.51. The molecule has 3 nitrogen and oxygen atoms in total. The Bertz CT molecular complexity index is 408. The topological polar surface area (TPSA) is 46.0 Å². The standard InChI is InChI=1S/C9H9NO2.C2H6/c1-3-5-7-8(6-4-2)12-9(11)10-7;1-2/h3-6H,1-2H2,(H,10,11);1-2H3/b7-5+,8-6+;. The van der Waals surface area contributed by atoms with E-state index in [0.29, 0.717) is 10.8 Å². The SMILES string of the molecule is C=C/C=c1/[nH]c(=O)o/c1=C/C=C.CC. The minimum atomic E-state index is -0.476. The van der Waals surface area contributed by atoms with Crippen LogP contribution in [0.5, 0.6) is 0 Å². The van der Waals surface area contributed by atoms with Crippen LogP contribution in [0.1, 0.15) is 13.8 Å². The summed E-state index contributed by atoms with van der Waals surface area (Å²) in [6, 6.07) is 0. The Morgan fingerprint density at radius 2 is 1.79 bits per heavy atom. The third-order valence-corrected chi connectivity index (χ3v) is 1.26. The molecule has 1 heterocycles. The molecule has 0 saturated heterocycles. The third kappa shape index (κ3) is 3.31. The van der Waals surface area contributed by atoms with Crippen LogP contribution in [0.25, 0.3) is 12.2 Å². The highest BCUT2D eigenvalue weighted by molar-refractivity contribution is 5.37. The van der Waals surface area contributed by atoms with E-state index in [-0.39, 0.29) is 0 Å². The molecule has 0 aliphatic rings. The van der Waals surface area contributed by atoms with Gasteiger partial charge in [-0.25, -0.2) is 4.79 Å². The molecular formula is C11H15NO2. The molecule has 1 N–H and O–H groups in total. The van der Waals surface area contributed by atoms with E-state index >= 15 is 0 Å². The first-order chi connectivity index (χ1) is 6.77. The highest BCUT2D eigenvalue weighted by Gasteiger charge is 1.90. The molecule has 1 aromatic rings. The van der Waals surface area contributed by atoms with Gasteiger partial charge in [0.15, 0.2) is 5.42 Å². The number of aromatic nitrogens is 1. The van der Waals surface area contributed by atoms with Gasteiger partial charge in [0.2, 0.25) is 0 Å². The van der Waals surface area contributed by atoms with Gasteiger partial charge in [-0.1, -0.05) is 39.2 Å². The van der Waals surface area contributed by atoms with Gasteiger partial charge in [0.25, 0.3) is 0 Å². The fraction of sp³-hybridized carbons (Fsp3) is 0.182. The molecule has 76 valence electrons. The fourth-order valence-electron chi connectivity index (χ4n) is 0.824. The van der Waals surface area contributed by atoms with Crippen molar-refractivity contribution >= 4 is 12.2 Å². The van der Waals surface area contributed by atoms with E-state index in [1.165, 1.54) is 0 Å². The molecule has 0 bridgehead atoms. The molecule has 0 fully saturated rings. The lowest BCUT2D eigenvalue weighted by molar-refractivity contribution is 0.486. The zero-order chi connectivity index (χ0) is 11.0. The number of nitrogens with one attached hydrogen (secondary N) is 1. The Hall–Kier alpha value is -1.77. The number of hydrogen-bond acceptors (Lipinski definition) is 2. The molecule has 0 amide bonds. The van der Waals surface area contributed by atoms with E-state index in [0.717, 1.165) is 0 Å². The molecule has 0 saturated carbocycles. The second-order valence-electron chi connectivity index (χ2n) is 2.10. The first-order valence-electron chi connectivity index (χ1n) is 4.42. The summed E-state index contributed by atoms with van der Waals surface area (Å²) in [5.41, 5.74) is 0.468. The zero-order valence-electron chi connectivity index (χ0n) is 8.54. The molecule has 0 unspecified atom stereocenters. The van der Waals surface area contributed by atoms with Gasteiger partial charge < -0.3 is 4.42 Å². The van der Waals surface area contributed by atoms with Crippen LogP contribution >= 0.6 is 0 Å². The third-order valence-electron chi connectivity index (χ3n) is 1.26. The minimum Gasteiger partial charge on any atom is -0.408 e. The first-order valence-corrected chi connectivity index (χ1v) is 4.42. The minimum absolute atomic E-state index is 0.468. The number of oxazole rings is 1. The van der Waals surface area contributed by atoms with Crippen LogP contribution in [0.4, 0.5) is 0 Å². The van der Waals surface area contributed by atoms with Crippen molar-refractivity contribution in [1.82, 2.24) is 4.98 Å². The Kier molecular flexibility index (Phi) is 5.87. The van der Waals surface area contributed by atoms with Gasteiger partial charge in [-0.3, -0.25) is 4.98 Å². The number of H-pyrrole nitrogens is 1. The molecular weight excluding hydrogens is 178 g/mol. The highest BCUT2D eigenvalue weighted by Crippen LogP contribution is 1.64. The normalized spacial score (nSPS) is 11.9. The number of aromatic amines is 1. The summed E-state index contributed by atoms with van der Waals surface area (Å²) in [5.74, 6) is -0.476. The van der Waals surface area contributed by atoms with E-state index in [9.17, 15) is 4.79 Å². The smallest absolute Gasteiger partial charge is 0.408 e. The van der Waals surface area contributed by atoms with Crippen molar-refractivity contribution < 1.29 is 4.42 Å². The van der Waals surface area contributed by atoms with Gasteiger partial charge in [0, 0.05) is 0 Å². The second kappa shape index (κ2) is 6.71. The Morgan fingerprint density at radius 1 is 1.21 bits per heavy atom. The molecule has 3 heteroatoms. The molecule has 0 aliphatic heterocycles. The summed E-state index contributed by atoms with van der Waals surface area (Å²) < 4.78 is 4.79. The summed E-state index contributed by atoms with van der Waals surface area (Å²) >= 11 is 0. The summed E-state index contributed by atoms with van der Waals surface area (Å²) in [7, 11) is 0. The number of rotatable bonds is 2. The number of allylic oxidation sites excluding steroid dienone is 2. The highest BCUT2D eigenvalue weighted by atomic mass is 16.4. The van der Waals surface area contributed by atoms with Crippen LogP contribution < -0.4 is 16.5 Å². The Morgan fingerprint density at radius 3 is 2.29 bits per heavy atom. The maximum atomic E-state index is 10.7. The van der Waals surface area contributed by atoms with E-state index in [4.69, 9.17) is 4.42 Å². The van der Waals surface area contributed by atoms with E-state index < -0.39 is 5.76 Å². The van der Waals surface area contributed by atoms with E-state index in [2.05, 4.69) is 18.1 Å². The average molecular weight is 193 g/mol. The molecule has 0 radical (unpaired) electrons. The lowest BCUT2D eigenvalue weighted by Gasteiger charge is -1.71. The van der Waals surface area contributed by atoms with Crippen LogP contribution in [0.2, 0.25) is 0 Å². The number of hydrogen-bond donors (Lipinski definition) is 1. The Labute approximate surface area is 82.8 Å². The molecule has 0 aliphatic carbocycles. The summed E-state index contributed by atoms with van der Waals surface area (Å²) in [5, 5.41) is 0.606. The van der Waals surface area contributed by atoms with Crippen molar-refractivity contribution in [2.24, 2.45) is 0 Å². The maximum Gasteiger partial charge on any atom is 0.417 e. The molecule has 0 spiro atoms. The van der Waals surface area contributed by atoms with Crippen molar-refractivity contribution in [3.05, 3.63) is 46.6 Å². The van der Waals surface area contributed by atoms with Gasteiger partial charge in [-0.2, -0.15) is 0 Å². The van der Waals surface area contributed by atoms with Crippen LogP contribution in [0.15, 0.2) is 34.5 Å². The predicted octanol–water partition coefficient (Wildman–Crippen LogP) is 0.927. The fourth-order valence-corrected chi connectivity index (χ4v) is 0.824. The van der Waals surface area contributed by atoms with Gasteiger partial charge in [0.05, 0.1) is 5.35 Å². The van der Waals surface area contributed by atoms with Crippen molar-refractivity contribution in [2.75, 3.05) is 0 Å². The first kappa shape index (κ1) is 12.2. The van der Waals surface area contributed by atoms with Crippen LogP contribution in [-0.2, 0) is 0 Å². The van der Waals surface area contributed by atoms with Gasteiger partial charge in [0.1, 0.15) is 0 Å². The van der Waals surface area contributed by atoms with E-state index in [1.54, 1.807) is 24.3 Å². The van der Waals surface area contributed by atoms with Gasteiger partial charge in [-0.05, 0) is 12.2 Å². The molecule has 0 atom stereocenters. The molecule has 14 heavy (non-hydrogen) atoms. The lowest BCUT2D eigenvalue weighted by atomic mass is 10.4. The predicted molar refractivity (Wildman–Crippen MR) is 59.3 cm³/mol. The lowest BCUT2D eigenvalue weighted by Crippen LogP contribution is -2.21. The molecule has 0 aromatic carbocycles. The van der Waals surface area contributed by atoms with Gasteiger partial charge in [-0.15, -0.1) is 0 Å². The van der Waals surface area contributed by atoms with Crippen molar-refractivity contribution in [3.63, 3.8) is 0 Å². The zero-order valence-corrected chi connectivity index (χ0v) is 8.54. The Balaban J connectivity index is 0.000000791. The van der Waals surface area contributed by atoms with Crippen LogP contribution in [-0.4, -0.2) is 4.98 Å². The maximum absolute atomic E-state index is 10.7. The van der Waals surface area contributed by atoms with Crippen molar-refractivity contribution in [1.29, 1.82) is 0 Å². The monoisotopic (exact) mass is 193 g/mol. The van der Waals surface area contributed by atoms with Gasteiger partial charge >= 0.3 is 5.76 Å². The molecule has 1 aromatic heterocycles. The second-order valence-corrected chi connectivity index (χ2v) is 2.10. The van der Waals surface area contributed by atoms with Crippen molar-refractivity contribution in [3.8, 4) is 0 Å². The van der Waals surface area contributed by atoms with Crippen LogP contribution in [0.3, 0.4) is 0 Å². The largest absolute Gasteiger partial charge is 0.417 e. The summed E-state index contributed by atoms with van der Waals surface area (Å²) in [6.45, 7) is 11.0. The summed E-state index contributed by atoms with van der Waals surface area (Å²) in [6.07, 6.45) is 6.38. The van der Waals surface area contributed by atoms with E-state index in [1.807, 2.05) is 13.8 Å². The van der Waals surface area contributed by atoms with Crippen LogP contribution in [0, 0.1) is 0 Å². The van der Waals surface area contributed by atoms with Crippen molar-refractivity contribution in [2.45, 2.75) is 13.8 Å². The quantitative estimate of drug-likeness (QED) is 0.759. The molecule has 1 rings (SSSR count). The summed E-state index contributed by atoms with van der Waals surface area (Å²) in [4.78, 5) is 13.2.